The first-order valence-corrected chi connectivity index (χ1v) is 11.9. The molecule has 1 aliphatic heterocycles. The molecule has 2 bridgehead atoms. The SMILES string of the molecule is COC1C2OC(c3ccccc3)OC2C(OC)C2C3c4ccccc4C(c4ccccc43)C12. The first-order chi connectivity index (χ1) is 16.3. The summed E-state index contributed by atoms with van der Waals surface area (Å²) in [5.41, 5.74) is 6.74. The maximum Gasteiger partial charge on any atom is 0.184 e. The van der Waals surface area contributed by atoms with Gasteiger partial charge < -0.3 is 18.9 Å². The Bertz CT molecular complexity index is 1060. The standard InChI is InChI=1S/C29H28O4/c1-30-25-23-21-17-12-6-8-14-19(17)22(20-15-9-7-13-18(20)21)24(23)26(31-2)28-27(25)32-29(33-28)16-10-4-3-5-11-16/h3-15,21-29H,1-2H3. The van der Waals surface area contributed by atoms with E-state index in [1.807, 2.05) is 32.4 Å². The average molecular weight is 441 g/mol. The van der Waals surface area contributed by atoms with Crippen LogP contribution in [0.15, 0.2) is 78.9 Å². The van der Waals surface area contributed by atoms with Crippen LogP contribution in [0.5, 0.6) is 0 Å². The second-order valence-corrected chi connectivity index (χ2v) is 9.71. The molecule has 168 valence electrons. The summed E-state index contributed by atoms with van der Waals surface area (Å²) in [4.78, 5) is 0. The van der Waals surface area contributed by atoms with E-state index in [4.69, 9.17) is 18.9 Å². The third kappa shape index (κ3) is 2.66. The third-order valence-corrected chi connectivity index (χ3v) is 8.45. The van der Waals surface area contributed by atoms with E-state index in [9.17, 15) is 0 Å². The Balaban J connectivity index is 1.39. The summed E-state index contributed by atoms with van der Waals surface area (Å²) in [7, 11) is 3.65. The van der Waals surface area contributed by atoms with Crippen LogP contribution in [-0.4, -0.2) is 38.6 Å². The fraction of sp³-hybridized carbons (Fsp3) is 0.379. The van der Waals surface area contributed by atoms with Gasteiger partial charge in [0.05, 0.1) is 12.2 Å². The molecule has 0 aromatic heterocycles. The molecule has 33 heavy (non-hydrogen) atoms. The topological polar surface area (TPSA) is 36.9 Å². The molecule has 3 aromatic carbocycles. The minimum Gasteiger partial charge on any atom is -0.378 e. The molecule has 0 radical (unpaired) electrons. The van der Waals surface area contributed by atoms with Crippen molar-refractivity contribution in [1.82, 2.24) is 0 Å². The number of benzene rings is 3. The van der Waals surface area contributed by atoms with Crippen molar-refractivity contribution in [1.29, 1.82) is 0 Å². The lowest BCUT2D eigenvalue weighted by Crippen LogP contribution is -2.63. The molecule has 5 aliphatic rings. The number of ether oxygens (including phenoxy) is 4. The number of fused-ring (bicyclic) bond motifs is 1. The van der Waals surface area contributed by atoms with Crippen molar-refractivity contribution >= 4 is 0 Å². The maximum atomic E-state index is 6.59. The zero-order valence-electron chi connectivity index (χ0n) is 18.8. The number of methoxy groups -OCH3 is 2. The first-order valence-electron chi connectivity index (χ1n) is 11.9. The minimum atomic E-state index is -0.404. The summed E-state index contributed by atoms with van der Waals surface area (Å²) in [6.07, 6.45) is -0.905. The molecule has 2 fully saturated rings. The predicted molar refractivity (Wildman–Crippen MR) is 124 cm³/mol. The quantitative estimate of drug-likeness (QED) is 0.572. The average Bonchev–Trinajstić information content (AvgIpc) is 3.32. The van der Waals surface area contributed by atoms with E-state index in [0.717, 1.165) is 5.56 Å². The molecule has 0 spiro atoms. The van der Waals surface area contributed by atoms with E-state index >= 15 is 0 Å². The van der Waals surface area contributed by atoms with Gasteiger partial charge in [0, 0.05) is 43.5 Å². The number of hydrogen-bond donors (Lipinski definition) is 0. The molecule has 6 unspecified atom stereocenters. The highest BCUT2D eigenvalue weighted by molar-refractivity contribution is 5.57. The minimum absolute atomic E-state index is 0.0747. The van der Waals surface area contributed by atoms with E-state index in [0.29, 0.717) is 0 Å². The van der Waals surface area contributed by atoms with Gasteiger partial charge in [-0.05, 0) is 22.3 Å². The number of hydrogen-bond acceptors (Lipinski definition) is 4. The Morgan fingerprint density at radius 3 is 1.33 bits per heavy atom. The van der Waals surface area contributed by atoms with Gasteiger partial charge in [0.2, 0.25) is 0 Å². The van der Waals surface area contributed by atoms with E-state index < -0.39 is 6.29 Å². The Hall–Kier alpha value is -2.50. The van der Waals surface area contributed by atoms with Gasteiger partial charge in [-0.3, -0.25) is 0 Å². The van der Waals surface area contributed by atoms with Gasteiger partial charge in [-0.1, -0.05) is 78.9 Å². The predicted octanol–water partition coefficient (Wildman–Crippen LogP) is 5.04. The van der Waals surface area contributed by atoms with Crippen molar-refractivity contribution in [3.8, 4) is 0 Å². The molecule has 0 amide bonds. The third-order valence-electron chi connectivity index (χ3n) is 8.45. The summed E-state index contributed by atoms with van der Waals surface area (Å²) in [5, 5.41) is 0. The van der Waals surface area contributed by atoms with E-state index in [2.05, 4.69) is 60.7 Å². The summed E-state index contributed by atoms with van der Waals surface area (Å²) < 4.78 is 25.7. The monoisotopic (exact) mass is 440 g/mol. The lowest BCUT2D eigenvalue weighted by molar-refractivity contribution is -0.170. The van der Waals surface area contributed by atoms with E-state index in [-0.39, 0.29) is 48.1 Å². The van der Waals surface area contributed by atoms with Gasteiger partial charge in [0.25, 0.3) is 0 Å². The Morgan fingerprint density at radius 2 is 0.939 bits per heavy atom. The number of rotatable bonds is 3. The van der Waals surface area contributed by atoms with Crippen LogP contribution in [-0.2, 0) is 18.9 Å². The maximum absolute atomic E-state index is 6.59. The van der Waals surface area contributed by atoms with Crippen molar-refractivity contribution in [2.75, 3.05) is 14.2 Å². The highest BCUT2D eigenvalue weighted by Gasteiger charge is 2.64. The van der Waals surface area contributed by atoms with Crippen LogP contribution in [0.2, 0.25) is 0 Å². The summed E-state index contributed by atoms with van der Waals surface area (Å²) >= 11 is 0. The Morgan fingerprint density at radius 1 is 0.545 bits per heavy atom. The molecular weight excluding hydrogens is 412 g/mol. The van der Waals surface area contributed by atoms with Gasteiger partial charge >= 0.3 is 0 Å². The molecule has 4 nitrogen and oxygen atoms in total. The smallest absolute Gasteiger partial charge is 0.184 e. The van der Waals surface area contributed by atoms with Gasteiger partial charge in [0.1, 0.15) is 12.2 Å². The van der Waals surface area contributed by atoms with Crippen molar-refractivity contribution < 1.29 is 18.9 Å². The van der Waals surface area contributed by atoms with Gasteiger partial charge in [0.15, 0.2) is 6.29 Å². The molecule has 0 N–H and O–H groups in total. The van der Waals surface area contributed by atoms with Crippen molar-refractivity contribution in [3.63, 3.8) is 0 Å². The molecule has 8 rings (SSSR count). The van der Waals surface area contributed by atoms with E-state index in [1.165, 1.54) is 22.3 Å². The zero-order valence-corrected chi connectivity index (χ0v) is 18.8. The van der Waals surface area contributed by atoms with Crippen molar-refractivity contribution in [3.05, 3.63) is 107 Å². The second-order valence-electron chi connectivity index (χ2n) is 9.71. The first kappa shape index (κ1) is 19.9. The zero-order chi connectivity index (χ0) is 22.1. The lowest BCUT2D eigenvalue weighted by Gasteiger charge is -2.58. The summed E-state index contributed by atoms with van der Waals surface area (Å²) in [6, 6.07) is 28.1. The van der Waals surface area contributed by atoms with Crippen molar-refractivity contribution in [2.24, 2.45) is 11.8 Å². The molecule has 1 saturated heterocycles. The highest BCUT2D eigenvalue weighted by atomic mass is 16.7. The molecule has 1 saturated carbocycles. The highest BCUT2D eigenvalue weighted by Crippen LogP contribution is 2.64. The van der Waals surface area contributed by atoms with Crippen LogP contribution in [0.1, 0.15) is 45.9 Å². The Kier molecular flexibility index (Phi) is 4.53. The van der Waals surface area contributed by atoms with Gasteiger partial charge in [-0.2, -0.15) is 0 Å². The largest absolute Gasteiger partial charge is 0.378 e. The van der Waals surface area contributed by atoms with E-state index in [1.54, 1.807) is 0 Å². The molecule has 3 aromatic rings. The Labute approximate surface area is 194 Å². The summed E-state index contributed by atoms with van der Waals surface area (Å²) in [6.45, 7) is 0. The van der Waals surface area contributed by atoms with Gasteiger partial charge in [-0.25, -0.2) is 0 Å². The normalized spacial score (nSPS) is 37.7. The summed E-state index contributed by atoms with van der Waals surface area (Å²) in [5.74, 6) is 1.04. The lowest BCUT2D eigenvalue weighted by atomic mass is 9.49. The molecule has 6 atom stereocenters. The van der Waals surface area contributed by atoms with Crippen LogP contribution in [0.4, 0.5) is 0 Å². The molecular formula is C29H28O4. The second kappa shape index (κ2) is 7.51. The molecule has 1 heterocycles. The fourth-order valence-corrected chi connectivity index (χ4v) is 7.37. The van der Waals surface area contributed by atoms with Crippen molar-refractivity contribution in [2.45, 2.75) is 42.5 Å². The molecule has 4 aliphatic carbocycles. The van der Waals surface area contributed by atoms with Crippen LogP contribution >= 0.6 is 0 Å². The van der Waals surface area contributed by atoms with Crippen LogP contribution < -0.4 is 0 Å². The van der Waals surface area contributed by atoms with Crippen LogP contribution in [0.25, 0.3) is 0 Å². The van der Waals surface area contributed by atoms with Gasteiger partial charge in [-0.15, -0.1) is 0 Å². The fourth-order valence-electron chi connectivity index (χ4n) is 7.37. The van der Waals surface area contributed by atoms with Crippen LogP contribution in [0.3, 0.4) is 0 Å². The van der Waals surface area contributed by atoms with Crippen LogP contribution in [0, 0.1) is 11.8 Å². The molecule has 4 heteroatoms.